The summed E-state index contributed by atoms with van der Waals surface area (Å²) in [6.45, 7) is 0.665. The van der Waals surface area contributed by atoms with Crippen molar-refractivity contribution in [2.75, 3.05) is 17.9 Å². The molecule has 1 atom stereocenters. The lowest BCUT2D eigenvalue weighted by Gasteiger charge is -2.22. The van der Waals surface area contributed by atoms with Gasteiger partial charge in [-0.25, -0.2) is 8.42 Å². The van der Waals surface area contributed by atoms with Gasteiger partial charge in [0.15, 0.2) is 0 Å². The Morgan fingerprint density at radius 3 is 2.64 bits per heavy atom. The number of fused-ring (bicyclic) bond motifs is 2. The summed E-state index contributed by atoms with van der Waals surface area (Å²) in [4.78, 5) is 10.9. The van der Waals surface area contributed by atoms with E-state index in [-0.39, 0.29) is 17.4 Å². The van der Waals surface area contributed by atoms with Crippen LogP contribution in [0.15, 0.2) is 51.8 Å². The van der Waals surface area contributed by atoms with Gasteiger partial charge in [-0.05, 0) is 48.7 Å². The number of aliphatic carboxylic acids is 1. The van der Waals surface area contributed by atoms with E-state index in [1.165, 1.54) is 4.31 Å². The molecule has 1 unspecified atom stereocenters. The number of nitrogens with one attached hydrogen (secondary N) is 1. The number of benzene rings is 2. The average molecular weight is 467 g/mol. The summed E-state index contributed by atoms with van der Waals surface area (Å²) in [5, 5.41) is 12.2. The standard InChI is InChI=1S/C20H23BrN2O4S/c1-23-17-8-5-4-7-15(17)20(22-12-6-2-3-9-19(24)25)16-11-10-14(21)13-18(16)28(23,26)27/h4-5,7-8,10-11,13,20,22H,2-3,6,9,12H2,1H3,(H,24,25). The second kappa shape index (κ2) is 8.63. The van der Waals surface area contributed by atoms with Gasteiger partial charge in [-0.3, -0.25) is 9.10 Å². The monoisotopic (exact) mass is 466 g/mol. The molecule has 0 aromatic heterocycles. The van der Waals surface area contributed by atoms with Crippen molar-refractivity contribution in [2.24, 2.45) is 0 Å². The number of rotatable bonds is 7. The number of hydrogen-bond acceptors (Lipinski definition) is 4. The van der Waals surface area contributed by atoms with Crippen LogP contribution >= 0.6 is 15.9 Å². The smallest absolute Gasteiger partial charge is 0.303 e. The second-order valence-electron chi connectivity index (χ2n) is 6.81. The molecule has 0 bridgehead atoms. The Labute approximate surface area is 173 Å². The summed E-state index contributed by atoms with van der Waals surface area (Å²) in [6, 6.07) is 12.6. The fourth-order valence-corrected chi connectivity index (χ4v) is 5.47. The van der Waals surface area contributed by atoms with Crippen LogP contribution in [0.4, 0.5) is 5.69 Å². The van der Waals surface area contributed by atoms with E-state index >= 15 is 0 Å². The summed E-state index contributed by atoms with van der Waals surface area (Å²) >= 11 is 3.38. The van der Waals surface area contributed by atoms with Crippen molar-refractivity contribution in [3.05, 3.63) is 58.1 Å². The lowest BCUT2D eigenvalue weighted by molar-refractivity contribution is -0.137. The molecule has 28 heavy (non-hydrogen) atoms. The number of unbranched alkanes of at least 4 members (excludes halogenated alkanes) is 2. The number of nitrogens with zero attached hydrogens (tertiary/aromatic N) is 1. The highest BCUT2D eigenvalue weighted by molar-refractivity contribution is 9.10. The zero-order valence-electron chi connectivity index (χ0n) is 15.6. The third kappa shape index (κ3) is 4.24. The van der Waals surface area contributed by atoms with Gasteiger partial charge in [-0.15, -0.1) is 0 Å². The van der Waals surface area contributed by atoms with Crippen LogP contribution in [0.2, 0.25) is 0 Å². The molecule has 0 aliphatic carbocycles. The SMILES string of the molecule is CN1c2ccccc2C(NCCCCCC(=O)O)c2ccc(Br)cc2S1(=O)=O. The van der Waals surface area contributed by atoms with Crippen molar-refractivity contribution in [2.45, 2.75) is 36.6 Å². The van der Waals surface area contributed by atoms with Crippen LogP contribution in [0.3, 0.4) is 0 Å². The lowest BCUT2D eigenvalue weighted by atomic mass is 9.96. The van der Waals surface area contributed by atoms with E-state index in [1.807, 2.05) is 36.4 Å². The Bertz CT molecular complexity index is 978. The molecule has 0 radical (unpaired) electrons. The lowest BCUT2D eigenvalue weighted by Crippen LogP contribution is -2.26. The van der Waals surface area contributed by atoms with Crippen molar-refractivity contribution in [1.82, 2.24) is 5.32 Å². The van der Waals surface area contributed by atoms with Gasteiger partial charge in [0.2, 0.25) is 0 Å². The maximum Gasteiger partial charge on any atom is 0.303 e. The molecule has 3 rings (SSSR count). The third-order valence-corrected chi connectivity index (χ3v) is 7.25. The van der Waals surface area contributed by atoms with Crippen LogP contribution in [0.1, 0.15) is 42.9 Å². The summed E-state index contributed by atoms with van der Waals surface area (Å²) in [5.74, 6) is -0.779. The van der Waals surface area contributed by atoms with Crippen LogP contribution in [-0.4, -0.2) is 33.1 Å². The Morgan fingerprint density at radius 2 is 1.89 bits per heavy atom. The average Bonchev–Trinajstić information content (AvgIpc) is 2.72. The predicted molar refractivity (Wildman–Crippen MR) is 112 cm³/mol. The minimum absolute atomic E-state index is 0.173. The summed E-state index contributed by atoms with van der Waals surface area (Å²) in [7, 11) is -2.10. The normalized spacial score (nSPS) is 17.5. The van der Waals surface area contributed by atoms with E-state index in [0.29, 0.717) is 28.7 Å². The first-order valence-corrected chi connectivity index (χ1v) is 11.4. The maximum absolute atomic E-state index is 13.2. The Morgan fingerprint density at radius 1 is 1.14 bits per heavy atom. The molecule has 0 saturated heterocycles. The topological polar surface area (TPSA) is 86.7 Å². The molecule has 8 heteroatoms. The van der Waals surface area contributed by atoms with Crippen molar-refractivity contribution >= 4 is 37.6 Å². The Hall–Kier alpha value is -1.90. The molecule has 1 aliphatic heterocycles. The van der Waals surface area contributed by atoms with Crippen LogP contribution in [0.5, 0.6) is 0 Å². The van der Waals surface area contributed by atoms with Crippen LogP contribution in [-0.2, 0) is 14.8 Å². The minimum Gasteiger partial charge on any atom is -0.481 e. The van der Waals surface area contributed by atoms with Gasteiger partial charge >= 0.3 is 5.97 Å². The second-order valence-corrected chi connectivity index (χ2v) is 9.66. The van der Waals surface area contributed by atoms with Crippen LogP contribution < -0.4 is 9.62 Å². The molecule has 2 aromatic carbocycles. The number of carboxylic acids is 1. The molecule has 0 spiro atoms. The van der Waals surface area contributed by atoms with Gasteiger partial charge in [0.25, 0.3) is 10.0 Å². The van der Waals surface area contributed by atoms with E-state index in [9.17, 15) is 13.2 Å². The maximum atomic E-state index is 13.2. The number of carboxylic acid groups (broad SMARTS) is 1. The molecule has 0 fully saturated rings. The van der Waals surface area contributed by atoms with E-state index in [2.05, 4.69) is 21.2 Å². The molecule has 2 N–H and O–H groups in total. The highest BCUT2D eigenvalue weighted by Crippen LogP contribution is 2.40. The highest BCUT2D eigenvalue weighted by Gasteiger charge is 2.34. The van der Waals surface area contributed by atoms with Gasteiger partial charge < -0.3 is 10.4 Å². The summed E-state index contributed by atoms with van der Waals surface area (Å²) in [6.07, 6.45) is 2.44. The number of carbonyl (C=O) groups is 1. The first kappa shape index (κ1) is 20.8. The molecule has 0 amide bonds. The fourth-order valence-electron chi connectivity index (χ4n) is 3.48. The Kier molecular flexibility index (Phi) is 6.42. The van der Waals surface area contributed by atoms with Crippen molar-refractivity contribution in [3.8, 4) is 0 Å². The summed E-state index contributed by atoms with van der Waals surface area (Å²) < 4.78 is 28.4. The van der Waals surface area contributed by atoms with Crippen LogP contribution in [0.25, 0.3) is 0 Å². The molecule has 6 nitrogen and oxygen atoms in total. The molecular formula is C20H23BrN2O4S. The van der Waals surface area contributed by atoms with Gasteiger partial charge in [-0.2, -0.15) is 0 Å². The van der Waals surface area contributed by atoms with Gasteiger partial charge in [0, 0.05) is 17.9 Å². The molecule has 0 saturated carbocycles. The number of halogens is 1. The fraction of sp³-hybridized carbons (Fsp3) is 0.350. The van der Waals surface area contributed by atoms with E-state index in [0.717, 1.165) is 18.4 Å². The predicted octanol–water partition coefficient (Wildman–Crippen LogP) is 3.91. The van der Waals surface area contributed by atoms with E-state index in [1.54, 1.807) is 13.1 Å². The quantitative estimate of drug-likeness (QED) is 0.603. The number of para-hydroxylation sites is 1. The van der Waals surface area contributed by atoms with E-state index < -0.39 is 16.0 Å². The van der Waals surface area contributed by atoms with Crippen LogP contribution in [0, 0.1) is 0 Å². The molecular weight excluding hydrogens is 444 g/mol. The number of anilines is 1. The third-order valence-electron chi connectivity index (χ3n) is 4.93. The Balaban J connectivity index is 1.93. The summed E-state index contributed by atoms with van der Waals surface area (Å²) in [5.41, 5.74) is 2.27. The minimum atomic E-state index is -3.68. The first-order valence-electron chi connectivity index (χ1n) is 9.15. The highest BCUT2D eigenvalue weighted by atomic mass is 79.9. The zero-order valence-corrected chi connectivity index (χ0v) is 18.0. The molecule has 2 aromatic rings. The van der Waals surface area contributed by atoms with Crippen molar-refractivity contribution in [1.29, 1.82) is 0 Å². The molecule has 1 heterocycles. The first-order chi connectivity index (χ1) is 13.3. The van der Waals surface area contributed by atoms with Gasteiger partial charge in [-0.1, -0.05) is 46.6 Å². The molecule has 1 aliphatic rings. The number of hydrogen-bond donors (Lipinski definition) is 2. The van der Waals surface area contributed by atoms with E-state index in [4.69, 9.17) is 5.11 Å². The molecule has 150 valence electrons. The van der Waals surface area contributed by atoms with Gasteiger partial charge in [0.1, 0.15) is 0 Å². The van der Waals surface area contributed by atoms with Gasteiger partial charge in [0.05, 0.1) is 16.6 Å². The largest absolute Gasteiger partial charge is 0.481 e. The van der Waals surface area contributed by atoms with Crippen molar-refractivity contribution in [3.63, 3.8) is 0 Å². The zero-order chi connectivity index (χ0) is 20.3. The van der Waals surface area contributed by atoms with Crippen molar-refractivity contribution < 1.29 is 18.3 Å². The number of sulfonamides is 1.